The molecule has 1 unspecified atom stereocenters. The van der Waals surface area contributed by atoms with Crippen LogP contribution >= 0.6 is 0 Å². The molecule has 0 aliphatic carbocycles. The molecule has 0 radical (unpaired) electrons. The van der Waals surface area contributed by atoms with Crippen molar-refractivity contribution in [3.05, 3.63) is 30.0 Å². The lowest BCUT2D eigenvalue weighted by molar-refractivity contribution is -0.00343. The summed E-state index contributed by atoms with van der Waals surface area (Å²) in [5, 5.41) is 17.1. The van der Waals surface area contributed by atoms with E-state index in [0.717, 1.165) is 16.6 Å². The quantitative estimate of drug-likeness (QED) is 0.846. The van der Waals surface area contributed by atoms with Gasteiger partial charge in [0, 0.05) is 25.5 Å². The summed E-state index contributed by atoms with van der Waals surface area (Å²) in [7, 11) is 1.83. The second-order valence-electron chi connectivity index (χ2n) is 4.12. The van der Waals surface area contributed by atoms with Crippen LogP contribution in [0.1, 0.15) is 5.69 Å². The lowest BCUT2D eigenvalue weighted by Gasteiger charge is -2.09. The van der Waals surface area contributed by atoms with Gasteiger partial charge in [0.05, 0.1) is 11.2 Å². The van der Waals surface area contributed by atoms with Gasteiger partial charge in [-0.05, 0) is 6.07 Å². The predicted molar refractivity (Wildman–Crippen MR) is 64.4 cm³/mol. The minimum atomic E-state index is -2.72. The van der Waals surface area contributed by atoms with Gasteiger partial charge in [0.25, 0.3) is 6.43 Å². The molecule has 0 bridgehead atoms. The Kier molecular flexibility index (Phi) is 3.88. The molecule has 2 rings (SSSR count). The Morgan fingerprint density at radius 3 is 2.83 bits per heavy atom. The molecule has 0 fully saturated rings. The molecule has 1 atom stereocenters. The van der Waals surface area contributed by atoms with Gasteiger partial charge in [0.2, 0.25) is 0 Å². The zero-order chi connectivity index (χ0) is 13.1. The Morgan fingerprint density at radius 2 is 2.11 bits per heavy atom. The van der Waals surface area contributed by atoms with Crippen LogP contribution in [0.25, 0.3) is 10.9 Å². The van der Waals surface area contributed by atoms with Crippen molar-refractivity contribution in [1.82, 2.24) is 15.1 Å². The number of halogens is 2. The maximum Gasteiger partial charge on any atom is 0.265 e. The average Bonchev–Trinajstić information content (AvgIpc) is 2.67. The predicted octanol–water partition coefficient (Wildman–Crippen LogP) is 1.29. The SMILES string of the molecule is Cn1nc(CNCC(O)C(F)F)c2ccccc21. The van der Waals surface area contributed by atoms with E-state index < -0.39 is 12.5 Å². The van der Waals surface area contributed by atoms with E-state index in [9.17, 15) is 8.78 Å². The minimum Gasteiger partial charge on any atom is -0.386 e. The van der Waals surface area contributed by atoms with Crippen molar-refractivity contribution in [2.45, 2.75) is 19.1 Å². The summed E-state index contributed by atoms with van der Waals surface area (Å²) in [4.78, 5) is 0. The molecule has 0 saturated carbocycles. The van der Waals surface area contributed by atoms with Crippen molar-refractivity contribution in [3.63, 3.8) is 0 Å². The van der Waals surface area contributed by atoms with E-state index in [-0.39, 0.29) is 6.54 Å². The summed E-state index contributed by atoms with van der Waals surface area (Å²) in [5.74, 6) is 0. The van der Waals surface area contributed by atoms with E-state index in [1.165, 1.54) is 0 Å². The number of aliphatic hydroxyl groups is 1. The van der Waals surface area contributed by atoms with Crippen LogP contribution in [0.2, 0.25) is 0 Å². The van der Waals surface area contributed by atoms with E-state index in [4.69, 9.17) is 5.11 Å². The van der Waals surface area contributed by atoms with Gasteiger partial charge in [0.15, 0.2) is 0 Å². The van der Waals surface area contributed by atoms with Crippen molar-refractivity contribution in [3.8, 4) is 0 Å². The Balaban J connectivity index is 2.04. The molecular weight excluding hydrogens is 240 g/mol. The summed E-state index contributed by atoms with van der Waals surface area (Å²) in [6.45, 7) is 0.202. The summed E-state index contributed by atoms with van der Waals surface area (Å²) in [5.41, 5.74) is 1.78. The van der Waals surface area contributed by atoms with Crippen LogP contribution in [0.15, 0.2) is 24.3 Å². The number of rotatable bonds is 5. The highest BCUT2D eigenvalue weighted by Crippen LogP contribution is 2.17. The molecule has 1 aromatic heterocycles. The van der Waals surface area contributed by atoms with E-state index in [1.54, 1.807) is 4.68 Å². The van der Waals surface area contributed by atoms with Crippen molar-refractivity contribution in [2.24, 2.45) is 7.05 Å². The van der Waals surface area contributed by atoms with Gasteiger partial charge in [-0.1, -0.05) is 18.2 Å². The van der Waals surface area contributed by atoms with Crippen LogP contribution < -0.4 is 5.32 Å². The van der Waals surface area contributed by atoms with Crippen molar-refractivity contribution in [2.75, 3.05) is 6.54 Å². The highest BCUT2D eigenvalue weighted by Gasteiger charge is 2.16. The summed E-state index contributed by atoms with van der Waals surface area (Å²) < 4.78 is 25.9. The third kappa shape index (κ3) is 2.65. The molecule has 2 N–H and O–H groups in total. The monoisotopic (exact) mass is 255 g/mol. The van der Waals surface area contributed by atoms with Gasteiger partial charge in [-0.25, -0.2) is 8.78 Å². The molecule has 1 heterocycles. The average molecular weight is 255 g/mol. The zero-order valence-electron chi connectivity index (χ0n) is 9.98. The molecule has 0 aliphatic heterocycles. The highest BCUT2D eigenvalue weighted by molar-refractivity contribution is 5.81. The third-order valence-corrected chi connectivity index (χ3v) is 2.77. The van der Waals surface area contributed by atoms with Crippen molar-refractivity contribution < 1.29 is 13.9 Å². The zero-order valence-corrected chi connectivity index (χ0v) is 9.98. The fourth-order valence-electron chi connectivity index (χ4n) is 1.85. The lowest BCUT2D eigenvalue weighted by Crippen LogP contribution is -2.31. The first kappa shape index (κ1) is 12.9. The smallest absolute Gasteiger partial charge is 0.265 e. The van der Waals surface area contributed by atoms with E-state index in [1.807, 2.05) is 31.3 Å². The number of para-hydroxylation sites is 1. The molecule has 98 valence electrons. The molecule has 18 heavy (non-hydrogen) atoms. The van der Waals surface area contributed by atoms with Crippen LogP contribution in [-0.2, 0) is 13.6 Å². The molecule has 0 amide bonds. The van der Waals surface area contributed by atoms with Crippen LogP contribution in [0, 0.1) is 0 Å². The lowest BCUT2D eigenvalue weighted by atomic mass is 10.2. The maximum absolute atomic E-state index is 12.1. The molecule has 4 nitrogen and oxygen atoms in total. The Hall–Kier alpha value is -1.53. The Morgan fingerprint density at radius 1 is 1.39 bits per heavy atom. The molecule has 0 spiro atoms. The summed E-state index contributed by atoms with van der Waals surface area (Å²) in [6.07, 6.45) is -4.36. The standard InChI is InChI=1S/C12H15F2N3O/c1-17-10-5-3-2-4-8(10)9(16-17)6-15-7-11(18)12(13)14/h2-5,11-12,15,18H,6-7H2,1H3. The van der Waals surface area contributed by atoms with E-state index >= 15 is 0 Å². The molecule has 6 heteroatoms. The number of benzene rings is 1. The molecular formula is C12H15F2N3O. The number of nitrogens with zero attached hydrogens (tertiary/aromatic N) is 2. The third-order valence-electron chi connectivity index (χ3n) is 2.77. The van der Waals surface area contributed by atoms with Gasteiger partial charge >= 0.3 is 0 Å². The van der Waals surface area contributed by atoms with Crippen LogP contribution in [0.5, 0.6) is 0 Å². The van der Waals surface area contributed by atoms with Gasteiger partial charge in [0.1, 0.15) is 6.10 Å². The topological polar surface area (TPSA) is 50.1 Å². The first-order chi connectivity index (χ1) is 8.59. The number of nitrogens with one attached hydrogen (secondary N) is 1. The van der Waals surface area contributed by atoms with Crippen molar-refractivity contribution >= 4 is 10.9 Å². The number of aryl methyl sites for hydroxylation is 1. The number of hydrogen-bond donors (Lipinski definition) is 2. The number of fused-ring (bicyclic) bond motifs is 1. The van der Waals surface area contributed by atoms with Gasteiger partial charge in [-0.2, -0.15) is 5.10 Å². The Bertz CT molecular complexity index is 527. The maximum atomic E-state index is 12.1. The molecule has 1 aromatic carbocycles. The van der Waals surface area contributed by atoms with E-state index in [2.05, 4.69) is 10.4 Å². The second-order valence-corrected chi connectivity index (χ2v) is 4.12. The molecule has 2 aromatic rings. The number of aliphatic hydroxyl groups excluding tert-OH is 1. The number of alkyl halides is 2. The largest absolute Gasteiger partial charge is 0.386 e. The second kappa shape index (κ2) is 5.41. The van der Waals surface area contributed by atoms with E-state index in [0.29, 0.717) is 6.54 Å². The first-order valence-electron chi connectivity index (χ1n) is 5.67. The fourth-order valence-corrected chi connectivity index (χ4v) is 1.85. The number of hydrogen-bond acceptors (Lipinski definition) is 3. The van der Waals surface area contributed by atoms with Gasteiger partial charge in [-0.3, -0.25) is 4.68 Å². The van der Waals surface area contributed by atoms with Crippen LogP contribution in [-0.4, -0.2) is 34.0 Å². The highest BCUT2D eigenvalue weighted by atomic mass is 19.3. The fraction of sp³-hybridized carbons (Fsp3) is 0.417. The first-order valence-corrected chi connectivity index (χ1v) is 5.67. The molecule has 0 saturated heterocycles. The molecule has 0 aliphatic rings. The van der Waals surface area contributed by atoms with Gasteiger partial charge < -0.3 is 10.4 Å². The van der Waals surface area contributed by atoms with Crippen LogP contribution in [0.3, 0.4) is 0 Å². The summed E-state index contributed by atoms with van der Waals surface area (Å²) >= 11 is 0. The Labute approximate surface area is 103 Å². The van der Waals surface area contributed by atoms with Crippen molar-refractivity contribution in [1.29, 1.82) is 0 Å². The summed E-state index contributed by atoms with van der Waals surface area (Å²) in [6, 6.07) is 7.70. The number of aromatic nitrogens is 2. The van der Waals surface area contributed by atoms with Crippen LogP contribution in [0.4, 0.5) is 8.78 Å². The minimum absolute atomic E-state index is 0.150. The normalized spacial score (nSPS) is 13.4. The van der Waals surface area contributed by atoms with Gasteiger partial charge in [-0.15, -0.1) is 0 Å².